The van der Waals surface area contributed by atoms with E-state index in [1.165, 1.54) is 32.1 Å². The van der Waals surface area contributed by atoms with Crippen LogP contribution in [0.3, 0.4) is 0 Å². The second-order valence-electron chi connectivity index (χ2n) is 4.51. The predicted molar refractivity (Wildman–Crippen MR) is 61.0 cm³/mol. The van der Waals surface area contributed by atoms with Gasteiger partial charge in [-0.05, 0) is 25.8 Å². The largest absolute Gasteiger partial charge is 0.480 e. The Hall–Kier alpha value is -0.570. The number of carbonyl (C=O) groups is 1. The van der Waals surface area contributed by atoms with E-state index in [0.29, 0.717) is 6.04 Å². The normalized spacial score (nSPS) is 18.3. The van der Waals surface area contributed by atoms with E-state index in [9.17, 15) is 4.79 Å². The summed E-state index contributed by atoms with van der Waals surface area (Å²) in [6, 6.07) is 0.529. The molecule has 0 aromatic carbocycles. The fourth-order valence-corrected chi connectivity index (χ4v) is 2.37. The molecule has 1 saturated carbocycles. The third-order valence-electron chi connectivity index (χ3n) is 3.23. The number of hydrogen-bond donors (Lipinski definition) is 1. The van der Waals surface area contributed by atoms with Crippen molar-refractivity contribution in [3.05, 3.63) is 0 Å². The first-order chi connectivity index (χ1) is 7.24. The lowest BCUT2D eigenvalue weighted by Crippen LogP contribution is -2.40. The van der Waals surface area contributed by atoms with E-state index in [2.05, 4.69) is 11.8 Å². The first kappa shape index (κ1) is 12.5. The topological polar surface area (TPSA) is 40.5 Å². The van der Waals surface area contributed by atoms with Crippen molar-refractivity contribution in [2.45, 2.75) is 57.9 Å². The molecular weight excluding hydrogens is 190 g/mol. The molecule has 0 aliphatic heterocycles. The highest BCUT2D eigenvalue weighted by Crippen LogP contribution is 2.22. The van der Waals surface area contributed by atoms with Crippen LogP contribution in [0.25, 0.3) is 0 Å². The number of nitrogens with zero attached hydrogens (tertiary/aromatic N) is 1. The van der Waals surface area contributed by atoms with Crippen LogP contribution in [-0.2, 0) is 4.79 Å². The molecule has 0 unspecified atom stereocenters. The van der Waals surface area contributed by atoms with Gasteiger partial charge in [-0.1, -0.05) is 32.6 Å². The number of hydrogen-bond acceptors (Lipinski definition) is 2. The summed E-state index contributed by atoms with van der Waals surface area (Å²) in [6.07, 6.45) is 8.51. The third-order valence-corrected chi connectivity index (χ3v) is 3.23. The van der Waals surface area contributed by atoms with Crippen LogP contribution >= 0.6 is 0 Å². The Morgan fingerprint density at radius 3 is 2.53 bits per heavy atom. The van der Waals surface area contributed by atoms with Gasteiger partial charge in [0.25, 0.3) is 0 Å². The molecule has 1 N–H and O–H groups in total. The molecule has 1 fully saturated rings. The fourth-order valence-electron chi connectivity index (χ4n) is 2.37. The van der Waals surface area contributed by atoms with Crippen molar-refractivity contribution in [3.63, 3.8) is 0 Å². The monoisotopic (exact) mass is 213 g/mol. The number of unbranched alkanes of at least 4 members (excludes halogenated alkanes) is 1. The molecule has 1 aliphatic rings. The Labute approximate surface area is 92.5 Å². The molecule has 1 rings (SSSR count). The minimum atomic E-state index is -0.684. The van der Waals surface area contributed by atoms with Gasteiger partial charge < -0.3 is 5.11 Å². The van der Waals surface area contributed by atoms with Crippen molar-refractivity contribution in [3.8, 4) is 0 Å². The van der Waals surface area contributed by atoms with E-state index in [1.54, 1.807) is 0 Å². The molecule has 0 bridgehead atoms. The average Bonchev–Trinajstić information content (AvgIpc) is 2.25. The lowest BCUT2D eigenvalue weighted by atomic mass is 9.94. The molecule has 0 heterocycles. The van der Waals surface area contributed by atoms with Crippen LogP contribution in [0.2, 0.25) is 0 Å². The molecule has 0 spiro atoms. The second-order valence-corrected chi connectivity index (χ2v) is 4.51. The Bertz CT molecular complexity index is 188. The standard InChI is InChI=1S/C12H23NO2/c1-2-3-9-13(10-12(14)15)11-7-5-4-6-8-11/h11H,2-10H2,1H3,(H,14,15). The van der Waals surface area contributed by atoms with Crippen LogP contribution in [0.1, 0.15) is 51.9 Å². The first-order valence-electron chi connectivity index (χ1n) is 6.20. The summed E-state index contributed by atoms with van der Waals surface area (Å²) in [7, 11) is 0. The molecule has 0 aromatic rings. The number of carboxylic acids is 1. The van der Waals surface area contributed by atoms with Crippen LogP contribution in [0, 0.1) is 0 Å². The first-order valence-corrected chi connectivity index (χ1v) is 6.20. The number of aliphatic carboxylic acids is 1. The van der Waals surface area contributed by atoms with Gasteiger partial charge in [0.15, 0.2) is 0 Å². The van der Waals surface area contributed by atoms with Crippen molar-refractivity contribution in [1.29, 1.82) is 0 Å². The highest BCUT2D eigenvalue weighted by Gasteiger charge is 2.22. The minimum absolute atomic E-state index is 0.227. The summed E-state index contributed by atoms with van der Waals surface area (Å²) in [4.78, 5) is 12.9. The maximum atomic E-state index is 10.8. The third kappa shape index (κ3) is 4.65. The molecule has 0 amide bonds. The van der Waals surface area contributed by atoms with E-state index in [0.717, 1.165) is 19.4 Å². The molecule has 3 heteroatoms. The van der Waals surface area contributed by atoms with Gasteiger partial charge in [0.2, 0.25) is 0 Å². The highest BCUT2D eigenvalue weighted by atomic mass is 16.4. The second kappa shape index (κ2) is 6.83. The molecule has 1 aliphatic carbocycles. The van der Waals surface area contributed by atoms with Crippen molar-refractivity contribution < 1.29 is 9.90 Å². The molecular formula is C12H23NO2. The summed E-state index contributed by atoms with van der Waals surface area (Å²) < 4.78 is 0. The molecule has 15 heavy (non-hydrogen) atoms. The molecule has 0 aromatic heterocycles. The fraction of sp³-hybridized carbons (Fsp3) is 0.917. The Kier molecular flexibility index (Phi) is 5.69. The molecule has 88 valence electrons. The number of carboxylic acid groups (broad SMARTS) is 1. The van der Waals surface area contributed by atoms with Gasteiger partial charge >= 0.3 is 5.97 Å². The van der Waals surface area contributed by atoms with E-state index < -0.39 is 5.97 Å². The van der Waals surface area contributed by atoms with Crippen molar-refractivity contribution >= 4 is 5.97 Å². The van der Waals surface area contributed by atoms with Gasteiger partial charge in [-0.25, -0.2) is 0 Å². The number of rotatable bonds is 6. The summed E-state index contributed by atoms with van der Waals surface area (Å²) >= 11 is 0. The van der Waals surface area contributed by atoms with Gasteiger partial charge in [-0.3, -0.25) is 9.69 Å². The zero-order chi connectivity index (χ0) is 11.1. The van der Waals surface area contributed by atoms with Gasteiger partial charge in [0.05, 0.1) is 6.54 Å². The minimum Gasteiger partial charge on any atom is -0.480 e. The molecule has 0 saturated heterocycles. The van der Waals surface area contributed by atoms with Crippen LogP contribution in [0.4, 0.5) is 0 Å². The zero-order valence-electron chi connectivity index (χ0n) is 9.74. The predicted octanol–water partition coefficient (Wildman–Crippen LogP) is 2.51. The van der Waals surface area contributed by atoms with Crippen LogP contribution < -0.4 is 0 Å². The van der Waals surface area contributed by atoms with Crippen molar-refractivity contribution in [2.24, 2.45) is 0 Å². The summed E-state index contributed by atoms with van der Waals surface area (Å²) in [5.74, 6) is -0.684. The molecule has 0 radical (unpaired) electrons. The van der Waals surface area contributed by atoms with Crippen molar-refractivity contribution in [1.82, 2.24) is 4.90 Å². The van der Waals surface area contributed by atoms with Crippen LogP contribution in [0.15, 0.2) is 0 Å². The van der Waals surface area contributed by atoms with E-state index in [4.69, 9.17) is 5.11 Å². The van der Waals surface area contributed by atoms with Crippen molar-refractivity contribution in [2.75, 3.05) is 13.1 Å². The maximum absolute atomic E-state index is 10.8. The SMILES string of the molecule is CCCCN(CC(=O)O)C1CCCCC1. The smallest absolute Gasteiger partial charge is 0.317 e. The van der Waals surface area contributed by atoms with Gasteiger partial charge in [-0.15, -0.1) is 0 Å². The average molecular weight is 213 g/mol. The van der Waals surface area contributed by atoms with Gasteiger partial charge in [0, 0.05) is 6.04 Å². The lowest BCUT2D eigenvalue weighted by Gasteiger charge is -2.33. The summed E-state index contributed by atoms with van der Waals surface area (Å²) in [5.41, 5.74) is 0. The van der Waals surface area contributed by atoms with Crippen LogP contribution in [-0.4, -0.2) is 35.1 Å². The summed E-state index contributed by atoms with van der Waals surface area (Å²) in [6.45, 7) is 3.33. The van der Waals surface area contributed by atoms with E-state index in [1.807, 2.05) is 0 Å². The molecule has 0 atom stereocenters. The maximum Gasteiger partial charge on any atom is 0.317 e. The van der Waals surface area contributed by atoms with Crippen LogP contribution in [0.5, 0.6) is 0 Å². The molecule has 3 nitrogen and oxygen atoms in total. The van der Waals surface area contributed by atoms with Gasteiger partial charge in [-0.2, -0.15) is 0 Å². The summed E-state index contributed by atoms with van der Waals surface area (Å²) in [5, 5.41) is 8.87. The Balaban J connectivity index is 2.41. The highest BCUT2D eigenvalue weighted by molar-refractivity contribution is 5.69. The Morgan fingerprint density at radius 2 is 2.00 bits per heavy atom. The van der Waals surface area contributed by atoms with Gasteiger partial charge in [0.1, 0.15) is 0 Å². The van der Waals surface area contributed by atoms with E-state index >= 15 is 0 Å². The van der Waals surface area contributed by atoms with E-state index in [-0.39, 0.29) is 6.54 Å². The zero-order valence-corrected chi connectivity index (χ0v) is 9.74. The quantitative estimate of drug-likeness (QED) is 0.737. The Morgan fingerprint density at radius 1 is 1.33 bits per heavy atom. The lowest BCUT2D eigenvalue weighted by molar-refractivity contribution is -0.139.